The van der Waals surface area contributed by atoms with Gasteiger partial charge in [-0.05, 0) is 12.5 Å². The van der Waals surface area contributed by atoms with Gasteiger partial charge in [0.25, 0.3) is 0 Å². The second-order valence-electron chi connectivity index (χ2n) is 6.32. The summed E-state index contributed by atoms with van der Waals surface area (Å²) in [6.45, 7) is 0.832. The van der Waals surface area contributed by atoms with E-state index >= 15 is 0 Å². The number of hydrogen-bond donors (Lipinski definition) is 3. The molecule has 4 rings (SSSR count). The molecule has 1 fully saturated rings. The zero-order valence-corrected chi connectivity index (χ0v) is 13.5. The zero-order valence-electron chi connectivity index (χ0n) is 13.5. The maximum atomic E-state index is 14.8. The number of pyridine rings is 1. The lowest BCUT2D eigenvalue weighted by Crippen LogP contribution is -2.39. The van der Waals surface area contributed by atoms with Crippen LogP contribution < -0.4 is 26.2 Å². The van der Waals surface area contributed by atoms with E-state index < -0.39 is 22.8 Å². The highest BCUT2D eigenvalue weighted by molar-refractivity contribution is 5.97. The molecule has 0 saturated carbocycles. The van der Waals surface area contributed by atoms with E-state index in [4.69, 9.17) is 10.5 Å². The van der Waals surface area contributed by atoms with Crippen LogP contribution in [0.2, 0.25) is 0 Å². The maximum absolute atomic E-state index is 14.8. The number of carbonyl (C=O) groups is 1. The predicted molar refractivity (Wildman–Crippen MR) is 89.6 cm³/mol. The minimum absolute atomic E-state index is 0.0116. The number of hydrogen-bond acceptors (Lipinski definition) is 6. The number of rotatable bonds is 2. The molecule has 3 heterocycles. The molecule has 0 bridgehead atoms. The van der Waals surface area contributed by atoms with Gasteiger partial charge in [-0.1, -0.05) is 0 Å². The van der Waals surface area contributed by atoms with E-state index in [1.54, 1.807) is 7.05 Å². The van der Waals surface area contributed by atoms with Gasteiger partial charge >= 0.3 is 5.97 Å². The average molecular weight is 348 g/mol. The number of carboxylic acid groups (broad SMARTS) is 1. The number of aromatic nitrogens is 1. The fourth-order valence-electron chi connectivity index (χ4n) is 3.71. The molecule has 0 radical (unpaired) electrons. The summed E-state index contributed by atoms with van der Waals surface area (Å²) in [4.78, 5) is 25.7. The smallest absolute Gasteiger partial charge is 0.341 e. The molecule has 8 nitrogen and oxygen atoms in total. The Balaban J connectivity index is 2.07. The van der Waals surface area contributed by atoms with E-state index in [0.29, 0.717) is 25.1 Å². The monoisotopic (exact) mass is 348 g/mol. The molecule has 2 atom stereocenters. The number of ether oxygens (including phenoxy) is 1. The van der Waals surface area contributed by atoms with Crippen LogP contribution in [0.15, 0.2) is 17.1 Å². The van der Waals surface area contributed by atoms with Crippen molar-refractivity contribution in [2.75, 3.05) is 30.5 Å². The average Bonchev–Trinajstić information content (AvgIpc) is 2.95. The molecule has 1 aromatic carbocycles. The third-order valence-corrected chi connectivity index (χ3v) is 4.80. The molecule has 1 aromatic heterocycles. The van der Waals surface area contributed by atoms with Gasteiger partial charge in [-0.15, -0.1) is 0 Å². The number of carboxylic acids is 1. The molecule has 132 valence electrons. The van der Waals surface area contributed by atoms with Crippen molar-refractivity contribution >= 4 is 22.6 Å². The van der Waals surface area contributed by atoms with E-state index in [1.165, 1.54) is 10.9 Å². The van der Waals surface area contributed by atoms with Gasteiger partial charge in [-0.25, -0.2) is 9.18 Å². The van der Waals surface area contributed by atoms with Crippen molar-refractivity contribution in [1.82, 2.24) is 4.68 Å². The summed E-state index contributed by atoms with van der Waals surface area (Å²) in [6, 6.07) is 0.991. The molecule has 2 aliphatic rings. The molecule has 1 saturated heterocycles. The molecule has 25 heavy (non-hydrogen) atoms. The lowest BCUT2D eigenvalue weighted by molar-refractivity contribution is 0.0695. The van der Waals surface area contributed by atoms with Crippen molar-refractivity contribution in [3.05, 3.63) is 33.9 Å². The van der Waals surface area contributed by atoms with Crippen LogP contribution in [0.25, 0.3) is 10.9 Å². The fourth-order valence-corrected chi connectivity index (χ4v) is 3.71. The minimum atomic E-state index is -1.37. The quantitative estimate of drug-likeness (QED) is 0.716. The van der Waals surface area contributed by atoms with Crippen LogP contribution in [0.1, 0.15) is 16.8 Å². The van der Waals surface area contributed by atoms with E-state index in [2.05, 4.69) is 5.43 Å². The van der Waals surface area contributed by atoms with Crippen molar-refractivity contribution in [1.29, 1.82) is 0 Å². The third kappa shape index (κ3) is 2.15. The van der Waals surface area contributed by atoms with Gasteiger partial charge in [0.15, 0.2) is 11.6 Å². The molecule has 0 amide bonds. The second kappa shape index (κ2) is 5.35. The number of anilines is 1. The maximum Gasteiger partial charge on any atom is 0.341 e. The first-order valence-corrected chi connectivity index (χ1v) is 7.90. The Bertz CT molecular complexity index is 958. The summed E-state index contributed by atoms with van der Waals surface area (Å²) >= 11 is 0. The second-order valence-corrected chi connectivity index (χ2v) is 6.32. The summed E-state index contributed by atoms with van der Waals surface area (Å²) in [5.74, 6) is -1.77. The van der Waals surface area contributed by atoms with Gasteiger partial charge in [-0.2, -0.15) is 0 Å². The number of halogens is 1. The molecule has 2 aromatic rings. The lowest BCUT2D eigenvalue weighted by Gasteiger charge is -2.34. The Morgan fingerprint density at radius 3 is 2.96 bits per heavy atom. The Morgan fingerprint density at radius 1 is 1.52 bits per heavy atom. The van der Waals surface area contributed by atoms with Crippen LogP contribution in [0.5, 0.6) is 5.75 Å². The van der Waals surface area contributed by atoms with E-state index in [-0.39, 0.29) is 28.9 Å². The summed E-state index contributed by atoms with van der Waals surface area (Å²) in [5, 5.41) is 9.17. The molecule has 4 N–H and O–H groups in total. The van der Waals surface area contributed by atoms with Crippen molar-refractivity contribution < 1.29 is 19.0 Å². The lowest BCUT2D eigenvalue weighted by atomic mass is 10.1. The SMILES string of the molecule is CNn1cc(C(=O)O)c(=O)c2cc(F)c3c(c21)OC[C@@H]1CC(N)CN31. The highest BCUT2D eigenvalue weighted by Gasteiger charge is 2.39. The van der Waals surface area contributed by atoms with Crippen molar-refractivity contribution in [2.24, 2.45) is 5.73 Å². The highest BCUT2D eigenvalue weighted by Crippen LogP contribution is 2.43. The molecule has 0 spiro atoms. The van der Waals surface area contributed by atoms with Gasteiger partial charge in [0, 0.05) is 25.8 Å². The van der Waals surface area contributed by atoms with Crippen molar-refractivity contribution in [3.63, 3.8) is 0 Å². The summed E-state index contributed by atoms with van der Waals surface area (Å²) in [6.07, 6.45) is 1.88. The molecule has 2 aliphatic heterocycles. The highest BCUT2D eigenvalue weighted by atomic mass is 19.1. The van der Waals surface area contributed by atoms with E-state index in [0.717, 1.165) is 6.07 Å². The first-order chi connectivity index (χ1) is 11.9. The number of nitrogens with one attached hydrogen (secondary N) is 1. The molecular formula is C16H17FN4O4. The van der Waals surface area contributed by atoms with Crippen molar-refractivity contribution in [3.8, 4) is 5.75 Å². The Hall–Kier alpha value is -2.81. The van der Waals surface area contributed by atoms with E-state index in [1.807, 2.05) is 4.90 Å². The van der Waals surface area contributed by atoms with E-state index in [9.17, 15) is 19.1 Å². The van der Waals surface area contributed by atoms with Gasteiger partial charge in [-0.3, -0.25) is 9.47 Å². The van der Waals surface area contributed by atoms with Crippen LogP contribution in [0, 0.1) is 5.82 Å². The topological polar surface area (TPSA) is 110 Å². The number of aromatic carboxylic acids is 1. The standard InChI is InChI=1S/C16H17FN4O4/c1-19-21-5-10(16(23)24)14(22)9-3-11(17)13-15(12(9)21)25-6-8-2-7(18)4-20(8)13/h3,5,7-8,19H,2,4,6,18H2,1H3,(H,23,24)/t7?,8-/m0/s1. The number of benzene rings is 1. The van der Waals surface area contributed by atoms with Gasteiger partial charge in [0.1, 0.15) is 23.4 Å². The first-order valence-electron chi connectivity index (χ1n) is 7.90. The first kappa shape index (κ1) is 15.7. The van der Waals surface area contributed by atoms with Crippen molar-refractivity contribution in [2.45, 2.75) is 18.5 Å². The largest absolute Gasteiger partial charge is 0.487 e. The molecule has 0 aliphatic carbocycles. The van der Waals surface area contributed by atoms with Gasteiger partial charge in [0.2, 0.25) is 5.43 Å². The summed E-state index contributed by atoms with van der Waals surface area (Å²) in [5.41, 5.74) is 8.18. The van der Waals surface area contributed by atoms with Gasteiger partial charge < -0.3 is 25.9 Å². The Kier molecular flexibility index (Phi) is 3.36. The van der Waals surface area contributed by atoms with Crippen LogP contribution in [0.3, 0.4) is 0 Å². The van der Waals surface area contributed by atoms with Gasteiger partial charge in [0.05, 0.1) is 11.4 Å². The Labute approximate surface area is 141 Å². The van der Waals surface area contributed by atoms with Crippen LogP contribution in [-0.2, 0) is 0 Å². The molecule has 1 unspecified atom stereocenters. The fraction of sp³-hybridized carbons (Fsp3) is 0.375. The third-order valence-electron chi connectivity index (χ3n) is 4.80. The number of nitrogens with zero attached hydrogens (tertiary/aromatic N) is 2. The molecular weight excluding hydrogens is 331 g/mol. The number of fused-ring (bicyclic) bond motifs is 5. The minimum Gasteiger partial charge on any atom is -0.487 e. The summed E-state index contributed by atoms with van der Waals surface area (Å²) < 4.78 is 22.0. The molecule has 9 heteroatoms. The van der Waals surface area contributed by atoms with Crippen LogP contribution in [-0.4, -0.2) is 48.0 Å². The summed E-state index contributed by atoms with van der Waals surface area (Å²) in [7, 11) is 1.57. The van der Waals surface area contributed by atoms with Crippen LogP contribution in [0.4, 0.5) is 10.1 Å². The Morgan fingerprint density at radius 2 is 2.28 bits per heavy atom. The number of nitrogens with two attached hydrogens (primary N) is 1. The van der Waals surface area contributed by atoms with Crippen LogP contribution >= 0.6 is 0 Å². The zero-order chi connectivity index (χ0) is 17.9. The predicted octanol–water partition coefficient (Wildman–Crippen LogP) is 0.311. The normalized spacial score (nSPS) is 21.6.